The van der Waals surface area contributed by atoms with E-state index < -0.39 is 0 Å². The quantitative estimate of drug-likeness (QED) is 0.908. The van der Waals surface area contributed by atoms with Crippen molar-refractivity contribution >= 4 is 27.4 Å². The van der Waals surface area contributed by atoms with Gasteiger partial charge in [-0.15, -0.1) is 0 Å². The molecule has 0 amide bonds. The van der Waals surface area contributed by atoms with E-state index in [0.717, 1.165) is 40.5 Å². The number of rotatable bonds is 3. The van der Waals surface area contributed by atoms with E-state index in [0.29, 0.717) is 0 Å². The highest BCUT2D eigenvalue weighted by Gasteiger charge is 2.20. The van der Waals surface area contributed by atoms with Gasteiger partial charge in [0.05, 0.1) is 16.4 Å². The summed E-state index contributed by atoms with van der Waals surface area (Å²) in [5.41, 5.74) is 7.76. The first-order valence-corrected chi connectivity index (χ1v) is 8.08. The monoisotopic (exact) mass is 325 g/mol. The zero-order valence-electron chi connectivity index (χ0n) is 12.0. The summed E-state index contributed by atoms with van der Waals surface area (Å²) >= 11 is 3.65. The summed E-state index contributed by atoms with van der Waals surface area (Å²) < 4.78 is 1.06. The first-order chi connectivity index (χ1) is 9.13. The fourth-order valence-electron chi connectivity index (χ4n) is 2.87. The van der Waals surface area contributed by atoms with E-state index in [9.17, 15) is 0 Å². The lowest BCUT2D eigenvalue weighted by molar-refractivity contribution is 0.435. The molecule has 106 valence electrons. The van der Waals surface area contributed by atoms with E-state index in [-0.39, 0.29) is 0 Å². The summed E-state index contributed by atoms with van der Waals surface area (Å²) in [5.74, 6) is 1.95. The van der Waals surface area contributed by atoms with Crippen LogP contribution < -0.4 is 10.6 Å². The molecule has 2 rings (SSSR count). The predicted molar refractivity (Wildman–Crippen MR) is 85.5 cm³/mol. The molecule has 0 aliphatic carbocycles. The molecule has 0 saturated carbocycles. The number of hydrogen-bond donors (Lipinski definition) is 1. The van der Waals surface area contributed by atoms with Crippen LogP contribution in [0.2, 0.25) is 0 Å². The highest BCUT2D eigenvalue weighted by molar-refractivity contribution is 9.10. The van der Waals surface area contributed by atoms with Crippen LogP contribution in [-0.2, 0) is 0 Å². The molecule has 1 aromatic heterocycles. The lowest BCUT2D eigenvalue weighted by Crippen LogP contribution is -2.26. The van der Waals surface area contributed by atoms with Crippen LogP contribution in [0.4, 0.5) is 11.5 Å². The molecule has 0 spiro atoms. The van der Waals surface area contributed by atoms with Crippen molar-refractivity contribution in [3.63, 3.8) is 0 Å². The van der Waals surface area contributed by atoms with E-state index in [1.54, 1.807) is 6.20 Å². The molecule has 2 heterocycles. The third-order valence-corrected chi connectivity index (χ3v) is 5.08. The maximum Gasteiger partial charge on any atom is 0.143 e. The lowest BCUT2D eigenvalue weighted by atomic mass is 9.96. The molecule has 1 aromatic rings. The molecule has 1 atom stereocenters. The standard InChI is InChI=1S/C15H24BrN3/c1-3-5-12-6-4-8-19(9-7-12)15-14(16)11(2)13(17)10-18-15/h10,12H,3-9,17H2,1-2H3. The summed E-state index contributed by atoms with van der Waals surface area (Å²) in [5, 5.41) is 0. The predicted octanol–water partition coefficient (Wildman–Crippen LogP) is 4.14. The fraction of sp³-hybridized carbons (Fsp3) is 0.667. The summed E-state index contributed by atoms with van der Waals surface area (Å²) in [6.45, 7) is 6.54. The van der Waals surface area contributed by atoms with Crippen molar-refractivity contribution in [3.8, 4) is 0 Å². The molecule has 1 saturated heterocycles. The second-order valence-corrected chi connectivity index (χ2v) is 6.34. The van der Waals surface area contributed by atoms with Gasteiger partial charge in [-0.25, -0.2) is 4.98 Å². The average Bonchev–Trinajstić information content (AvgIpc) is 2.63. The third kappa shape index (κ3) is 3.41. The Hall–Kier alpha value is -0.770. The Balaban J connectivity index is 2.12. The van der Waals surface area contributed by atoms with Crippen molar-refractivity contribution in [3.05, 3.63) is 16.2 Å². The zero-order valence-corrected chi connectivity index (χ0v) is 13.5. The highest BCUT2D eigenvalue weighted by Crippen LogP contribution is 2.32. The number of anilines is 2. The first kappa shape index (κ1) is 14.6. The normalized spacial score (nSPS) is 20.4. The minimum atomic E-state index is 0.759. The summed E-state index contributed by atoms with van der Waals surface area (Å²) in [4.78, 5) is 6.94. The molecular formula is C15H24BrN3. The third-order valence-electron chi connectivity index (χ3n) is 4.13. The Morgan fingerprint density at radius 2 is 2.21 bits per heavy atom. The Kier molecular flexibility index (Phi) is 5.08. The van der Waals surface area contributed by atoms with Crippen LogP contribution in [0.3, 0.4) is 0 Å². The Morgan fingerprint density at radius 3 is 2.95 bits per heavy atom. The Bertz CT molecular complexity index is 434. The van der Waals surface area contributed by atoms with Gasteiger partial charge in [0.25, 0.3) is 0 Å². The van der Waals surface area contributed by atoms with E-state index in [1.807, 2.05) is 6.92 Å². The zero-order chi connectivity index (χ0) is 13.8. The molecule has 0 radical (unpaired) electrons. The van der Waals surface area contributed by atoms with Gasteiger partial charge in [0.2, 0.25) is 0 Å². The van der Waals surface area contributed by atoms with Crippen LogP contribution in [0.5, 0.6) is 0 Å². The molecule has 2 N–H and O–H groups in total. The Labute approximate surface area is 124 Å². The number of nitrogen functional groups attached to an aromatic ring is 1. The topological polar surface area (TPSA) is 42.2 Å². The van der Waals surface area contributed by atoms with Crippen LogP contribution in [-0.4, -0.2) is 18.1 Å². The van der Waals surface area contributed by atoms with Crippen molar-refractivity contribution in [2.75, 3.05) is 23.7 Å². The molecule has 1 unspecified atom stereocenters. The van der Waals surface area contributed by atoms with Crippen LogP contribution in [0.25, 0.3) is 0 Å². The van der Waals surface area contributed by atoms with E-state index in [4.69, 9.17) is 5.73 Å². The van der Waals surface area contributed by atoms with Gasteiger partial charge in [0, 0.05) is 13.1 Å². The molecule has 1 aliphatic heterocycles. The lowest BCUT2D eigenvalue weighted by Gasteiger charge is -2.24. The van der Waals surface area contributed by atoms with Crippen LogP contribution in [0.15, 0.2) is 10.7 Å². The second kappa shape index (κ2) is 6.60. The van der Waals surface area contributed by atoms with Gasteiger partial charge in [0.15, 0.2) is 0 Å². The molecular weight excluding hydrogens is 302 g/mol. The molecule has 0 bridgehead atoms. The maximum atomic E-state index is 5.90. The molecule has 1 aliphatic rings. The van der Waals surface area contributed by atoms with Gasteiger partial charge in [-0.3, -0.25) is 0 Å². The van der Waals surface area contributed by atoms with Gasteiger partial charge >= 0.3 is 0 Å². The molecule has 19 heavy (non-hydrogen) atoms. The van der Waals surface area contributed by atoms with Gasteiger partial charge in [-0.2, -0.15) is 0 Å². The fourth-order valence-corrected chi connectivity index (χ4v) is 3.46. The number of aromatic nitrogens is 1. The number of pyridine rings is 1. The van der Waals surface area contributed by atoms with Crippen molar-refractivity contribution < 1.29 is 0 Å². The van der Waals surface area contributed by atoms with Crippen LogP contribution >= 0.6 is 15.9 Å². The number of nitrogens with two attached hydrogens (primary N) is 1. The highest BCUT2D eigenvalue weighted by atomic mass is 79.9. The van der Waals surface area contributed by atoms with Gasteiger partial charge in [-0.05, 0) is 53.6 Å². The summed E-state index contributed by atoms with van der Waals surface area (Å²) in [6.07, 6.45) is 8.35. The van der Waals surface area contributed by atoms with Crippen LogP contribution in [0, 0.1) is 12.8 Å². The number of nitrogens with zero attached hydrogens (tertiary/aromatic N) is 2. The van der Waals surface area contributed by atoms with Crippen molar-refractivity contribution in [1.29, 1.82) is 0 Å². The van der Waals surface area contributed by atoms with E-state index in [1.165, 1.54) is 32.1 Å². The minimum Gasteiger partial charge on any atom is -0.397 e. The van der Waals surface area contributed by atoms with Crippen molar-refractivity contribution in [2.24, 2.45) is 5.92 Å². The molecule has 1 fully saturated rings. The van der Waals surface area contributed by atoms with Crippen LogP contribution in [0.1, 0.15) is 44.6 Å². The van der Waals surface area contributed by atoms with E-state index in [2.05, 4.69) is 32.7 Å². The number of hydrogen-bond acceptors (Lipinski definition) is 3. The first-order valence-electron chi connectivity index (χ1n) is 7.29. The van der Waals surface area contributed by atoms with E-state index >= 15 is 0 Å². The van der Waals surface area contributed by atoms with Gasteiger partial charge in [0.1, 0.15) is 5.82 Å². The van der Waals surface area contributed by atoms with Gasteiger partial charge < -0.3 is 10.6 Å². The SMILES string of the molecule is CCCC1CCCN(c2ncc(N)c(C)c2Br)CC1. The van der Waals surface area contributed by atoms with Crippen molar-refractivity contribution in [1.82, 2.24) is 4.98 Å². The number of halogens is 1. The largest absolute Gasteiger partial charge is 0.397 e. The summed E-state index contributed by atoms with van der Waals surface area (Å²) in [7, 11) is 0. The maximum absolute atomic E-state index is 5.90. The second-order valence-electron chi connectivity index (χ2n) is 5.55. The minimum absolute atomic E-state index is 0.759. The molecule has 3 nitrogen and oxygen atoms in total. The molecule has 0 aromatic carbocycles. The average molecular weight is 326 g/mol. The smallest absolute Gasteiger partial charge is 0.143 e. The molecule has 4 heteroatoms. The van der Waals surface area contributed by atoms with Gasteiger partial charge in [-0.1, -0.05) is 19.8 Å². The van der Waals surface area contributed by atoms with Crippen molar-refractivity contribution in [2.45, 2.75) is 46.0 Å². The summed E-state index contributed by atoms with van der Waals surface area (Å²) in [6, 6.07) is 0. The Morgan fingerprint density at radius 1 is 1.42 bits per heavy atom.